The monoisotopic (exact) mass is 284 g/mol. The van der Waals surface area contributed by atoms with Gasteiger partial charge in [-0.25, -0.2) is 0 Å². The standard InChI is InChI=1S/C13H9ClN6/c14-13-18-11(10-7-17-20-12(10)19-13)16-6-9-3-1-2-8(4-9)5-15/h1-4,7H,6H2,(H2,16,17,18,19,20). The molecule has 0 saturated carbocycles. The number of nitriles is 1. The summed E-state index contributed by atoms with van der Waals surface area (Å²) in [5.74, 6) is 0.608. The fraction of sp³-hybridized carbons (Fsp3) is 0.0769. The maximum Gasteiger partial charge on any atom is 0.226 e. The maximum atomic E-state index is 8.88. The van der Waals surface area contributed by atoms with Crippen LogP contribution in [0.25, 0.3) is 11.0 Å². The van der Waals surface area contributed by atoms with Crippen molar-refractivity contribution in [3.8, 4) is 6.07 Å². The maximum absolute atomic E-state index is 8.88. The van der Waals surface area contributed by atoms with E-state index in [-0.39, 0.29) is 5.28 Å². The van der Waals surface area contributed by atoms with E-state index in [1.807, 2.05) is 18.2 Å². The molecule has 3 rings (SSSR count). The molecule has 0 atom stereocenters. The number of fused-ring (bicyclic) bond motifs is 1. The van der Waals surface area contributed by atoms with Crippen molar-refractivity contribution in [1.29, 1.82) is 5.26 Å². The van der Waals surface area contributed by atoms with Crippen molar-refractivity contribution in [3.63, 3.8) is 0 Å². The van der Waals surface area contributed by atoms with E-state index in [4.69, 9.17) is 16.9 Å². The summed E-state index contributed by atoms with van der Waals surface area (Å²) in [5, 5.41) is 19.6. The van der Waals surface area contributed by atoms with Gasteiger partial charge in [0.05, 0.1) is 23.2 Å². The second-order valence-corrected chi connectivity index (χ2v) is 4.48. The van der Waals surface area contributed by atoms with Crippen molar-refractivity contribution >= 4 is 28.5 Å². The Morgan fingerprint density at radius 1 is 1.35 bits per heavy atom. The second kappa shape index (κ2) is 5.15. The van der Waals surface area contributed by atoms with Crippen molar-refractivity contribution in [3.05, 3.63) is 46.9 Å². The van der Waals surface area contributed by atoms with E-state index in [0.29, 0.717) is 23.6 Å². The van der Waals surface area contributed by atoms with Gasteiger partial charge in [-0.1, -0.05) is 12.1 Å². The van der Waals surface area contributed by atoms with Gasteiger partial charge in [0.1, 0.15) is 5.82 Å². The van der Waals surface area contributed by atoms with E-state index in [9.17, 15) is 0 Å². The van der Waals surface area contributed by atoms with Crippen LogP contribution in [0.4, 0.5) is 5.82 Å². The molecule has 7 heteroatoms. The van der Waals surface area contributed by atoms with Crippen LogP contribution in [0.5, 0.6) is 0 Å². The van der Waals surface area contributed by atoms with Gasteiger partial charge in [0.25, 0.3) is 0 Å². The van der Waals surface area contributed by atoms with E-state index in [2.05, 4.69) is 31.6 Å². The first-order chi connectivity index (χ1) is 9.76. The molecule has 0 aliphatic rings. The average molecular weight is 285 g/mol. The number of hydrogen-bond acceptors (Lipinski definition) is 5. The second-order valence-electron chi connectivity index (χ2n) is 4.14. The predicted molar refractivity (Wildman–Crippen MR) is 75.2 cm³/mol. The molecular formula is C13H9ClN6. The van der Waals surface area contributed by atoms with Gasteiger partial charge in [-0.3, -0.25) is 5.10 Å². The molecule has 20 heavy (non-hydrogen) atoms. The van der Waals surface area contributed by atoms with Crippen molar-refractivity contribution < 1.29 is 0 Å². The third kappa shape index (κ3) is 2.39. The van der Waals surface area contributed by atoms with Crippen LogP contribution in [0, 0.1) is 11.3 Å². The molecule has 0 bridgehead atoms. The molecule has 3 aromatic rings. The highest BCUT2D eigenvalue weighted by Crippen LogP contribution is 2.20. The number of nitrogens with one attached hydrogen (secondary N) is 2. The zero-order valence-corrected chi connectivity index (χ0v) is 11.0. The Morgan fingerprint density at radius 2 is 2.25 bits per heavy atom. The lowest BCUT2D eigenvalue weighted by atomic mass is 10.1. The first-order valence-electron chi connectivity index (χ1n) is 5.86. The summed E-state index contributed by atoms with van der Waals surface area (Å²) in [6.07, 6.45) is 1.64. The molecule has 0 unspecified atom stereocenters. The first kappa shape index (κ1) is 12.4. The summed E-state index contributed by atoms with van der Waals surface area (Å²) in [7, 11) is 0. The summed E-state index contributed by atoms with van der Waals surface area (Å²) < 4.78 is 0. The molecule has 0 saturated heterocycles. The number of benzene rings is 1. The average Bonchev–Trinajstić information content (AvgIpc) is 2.93. The number of halogens is 1. The van der Waals surface area contributed by atoms with Crippen molar-refractivity contribution in [2.45, 2.75) is 6.54 Å². The van der Waals surface area contributed by atoms with Gasteiger partial charge in [-0.2, -0.15) is 20.3 Å². The fourth-order valence-corrected chi connectivity index (χ4v) is 2.05. The molecule has 2 heterocycles. The summed E-state index contributed by atoms with van der Waals surface area (Å²) >= 11 is 5.86. The van der Waals surface area contributed by atoms with Gasteiger partial charge >= 0.3 is 0 Å². The van der Waals surface area contributed by atoms with E-state index in [1.165, 1.54) is 0 Å². The summed E-state index contributed by atoms with van der Waals surface area (Å²) in [4.78, 5) is 8.18. The molecule has 2 N–H and O–H groups in total. The number of H-pyrrole nitrogens is 1. The minimum atomic E-state index is 0.148. The number of anilines is 1. The highest BCUT2D eigenvalue weighted by atomic mass is 35.5. The molecule has 1 aromatic carbocycles. The Balaban J connectivity index is 1.86. The Kier molecular flexibility index (Phi) is 3.19. The number of nitrogens with zero attached hydrogens (tertiary/aromatic N) is 4. The quantitative estimate of drug-likeness (QED) is 0.721. The molecule has 0 radical (unpaired) electrons. The molecule has 2 aromatic heterocycles. The lowest BCUT2D eigenvalue weighted by molar-refractivity contribution is 1.08. The minimum Gasteiger partial charge on any atom is -0.365 e. The van der Waals surface area contributed by atoms with Crippen molar-refractivity contribution in [1.82, 2.24) is 20.2 Å². The van der Waals surface area contributed by atoms with Gasteiger partial charge in [0, 0.05) is 6.54 Å². The van der Waals surface area contributed by atoms with Crippen LogP contribution in [0.1, 0.15) is 11.1 Å². The van der Waals surface area contributed by atoms with Gasteiger partial charge in [0.2, 0.25) is 5.28 Å². The fourth-order valence-electron chi connectivity index (χ4n) is 1.88. The van der Waals surface area contributed by atoms with Gasteiger partial charge in [-0.05, 0) is 29.3 Å². The topological polar surface area (TPSA) is 90.3 Å². The molecule has 0 aliphatic carbocycles. The number of aromatic amines is 1. The number of rotatable bonds is 3. The van der Waals surface area contributed by atoms with Crippen molar-refractivity contribution in [2.24, 2.45) is 0 Å². The van der Waals surface area contributed by atoms with Crippen LogP contribution in [-0.2, 0) is 6.54 Å². The summed E-state index contributed by atoms with van der Waals surface area (Å²) in [6, 6.07) is 9.47. The van der Waals surface area contributed by atoms with Crippen LogP contribution < -0.4 is 5.32 Å². The van der Waals surface area contributed by atoms with Gasteiger partial charge in [-0.15, -0.1) is 0 Å². The van der Waals surface area contributed by atoms with Crippen molar-refractivity contribution in [2.75, 3.05) is 5.32 Å². The number of hydrogen-bond donors (Lipinski definition) is 2. The lowest BCUT2D eigenvalue weighted by Gasteiger charge is -2.07. The minimum absolute atomic E-state index is 0.148. The van der Waals surface area contributed by atoms with Gasteiger partial charge in [0.15, 0.2) is 5.65 Å². The van der Waals surface area contributed by atoms with Crippen LogP contribution in [0.3, 0.4) is 0 Å². The van der Waals surface area contributed by atoms with E-state index in [0.717, 1.165) is 10.9 Å². The van der Waals surface area contributed by atoms with Crippen LogP contribution in [0.2, 0.25) is 5.28 Å². The van der Waals surface area contributed by atoms with E-state index >= 15 is 0 Å². The Morgan fingerprint density at radius 3 is 3.10 bits per heavy atom. The molecule has 6 nitrogen and oxygen atoms in total. The third-order valence-corrected chi connectivity index (χ3v) is 2.97. The SMILES string of the molecule is N#Cc1cccc(CNc2nc(Cl)nc3[nH]ncc23)c1. The van der Waals surface area contributed by atoms with Gasteiger partial charge < -0.3 is 5.32 Å². The van der Waals surface area contributed by atoms with Crippen LogP contribution >= 0.6 is 11.6 Å². The highest BCUT2D eigenvalue weighted by molar-refractivity contribution is 6.28. The largest absolute Gasteiger partial charge is 0.365 e. The van der Waals surface area contributed by atoms with Crippen LogP contribution in [0.15, 0.2) is 30.5 Å². The number of aromatic nitrogens is 4. The van der Waals surface area contributed by atoms with E-state index in [1.54, 1.807) is 12.3 Å². The smallest absolute Gasteiger partial charge is 0.226 e. The molecule has 0 amide bonds. The van der Waals surface area contributed by atoms with Crippen LogP contribution in [-0.4, -0.2) is 20.2 Å². The molecular weight excluding hydrogens is 276 g/mol. The molecule has 0 fully saturated rings. The highest BCUT2D eigenvalue weighted by Gasteiger charge is 2.08. The van der Waals surface area contributed by atoms with E-state index < -0.39 is 0 Å². The lowest BCUT2D eigenvalue weighted by Crippen LogP contribution is -2.03. The Labute approximate surface area is 119 Å². The molecule has 98 valence electrons. The zero-order valence-electron chi connectivity index (χ0n) is 10.3. The Bertz CT molecular complexity index is 804. The third-order valence-electron chi connectivity index (χ3n) is 2.80. The summed E-state index contributed by atoms with van der Waals surface area (Å²) in [5.41, 5.74) is 2.19. The predicted octanol–water partition coefficient (Wildman–Crippen LogP) is 2.49. The summed E-state index contributed by atoms with van der Waals surface area (Å²) in [6.45, 7) is 0.531. The molecule has 0 spiro atoms. The normalized spacial score (nSPS) is 10.4. The first-order valence-corrected chi connectivity index (χ1v) is 6.23. The Hall–Kier alpha value is -2.65. The zero-order chi connectivity index (χ0) is 13.9. The molecule has 0 aliphatic heterocycles.